The molecule has 1 saturated carbocycles. The first kappa shape index (κ1) is 18.4. The maximum Gasteiger partial charge on any atom is 0.326 e. The Morgan fingerprint density at radius 1 is 1.27 bits per heavy atom. The molecular weight excluding hydrogens is 408 g/mol. The van der Waals surface area contributed by atoms with Gasteiger partial charge in [0.25, 0.3) is 5.62 Å². The highest BCUT2D eigenvalue weighted by atomic mass is 35.5. The van der Waals surface area contributed by atoms with Gasteiger partial charge in [0.2, 0.25) is 11.8 Å². The monoisotopic (exact) mass is 424 g/mol. The van der Waals surface area contributed by atoms with Crippen LogP contribution < -0.4 is 21.8 Å². The number of benzene rings is 1. The van der Waals surface area contributed by atoms with Gasteiger partial charge < -0.3 is 15.4 Å². The largest absolute Gasteiger partial charge is 0.493 e. The summed E-state index contributed by atoms with van der Waals surface area (Å²) in [6.45, 7) is 0.509. The second kappa shape index (κ2) is 7.30. The van der Waals surface area contributed by atoms with Crippen LogP contribution in [0.3, 0.4) is 0 Å². The van der Waals surface area contributed by atoms with Crippen molar-refractivity contribution in [3.05, 3.63) is 68.1 Å². The van der Waals surface area contributed by atoms with E-state index < -0.39 is 5.69 Å². The fourth-order valence-electron chi connectivity index (χ4n) is 2.94. The zero-order valence-corrected chi connectivity index (χ0v) is 16.4. The highest BCUT2D eigenvalue weighted by Gasteiger charge is 2.21. The summed E-state index contributed by atoms with van der Waals surface area (Å²) < 4.78 is 1.55. The molecule has 0 amide bonds. The quantitative estimate of drug-likeness (QED) is 0.372. The summed E-state index contributed by atoms with van der Waals surface area (Å²) in [6, 6.07) is 7.74. The van der Waals surface area contributed by atoms with Gasteiger partial charge in [0.1, 0.15) is 5.69 Å². The number of halogens is 1. The molecule has 0 saturated heterocycles. The molecule has 3 aromatic heterocycles. The summed E-state index contributed by atoms with van der Waals surface area (Å²) in [7, 11) is 0. The molecule has 152 valence electrons. The van der Waals surface area contributed by atoms with E-state index in [4.69, 9.17) is 11.6 Å². The Hall–Kier alpha value is -3.66. The predicted molar refractivity (Wildman–Crippen MR) is 110 cm³/mol. The zero-order valence-electron chi connectivity index (χ0n) is 15.6. The maximum absolute atomic E-state index is 11.4. The van der Waals surface area contributed by atoms with E-state index in [0.717, 1.165) is 18.4 Å². The fourth-order valence-corrected chi connectivity index (χ4v) is 3.07. The molecule has 30 heavy (non-hydrogen) atoms. The number of H-pyrrole nitrogens is 2. The van der Waals surface area contributed by atoms with E-state index in [1.54, 1.807) is 16.8 Å². The van der Waals surface area contributed by atoms with Crippen molar-refractivity contribution in [3.8, 4) is 5.88 Å². The molecule has 1 aliphatic rings. The third-order valence-corrected chi connectivity index (χ3v) is 4.87. The molecule has 3 heterocycles. The first-order chi connectivity index (χ1) is 14.5. The number of nitrogens with zero attached hydrogens (tertiary/aromatic N) is 5. The number of aromatic hydroxyl groups is 1. The number of hydrogen-bond acceptors (Lipinski definition) is 7. The van der Waals surface area contributed by atoms with Crippen LogP contribution in [0.1, 0.15) is 24.1 Å². The Morgan fingerprint density at radius 2 is 2.07 bits per heavy atom. The molecule has 10 nitrogen and oxygen atoms in total. The van der Waals surface area contributed by atoms with E-state index >= 15 is 0 Å². The molecule has 1 aromatic carbocycles. The van der Waals surface area contributed by atoms with Gasteiger partial charge in [-0.05, 0) is 36.6 Å². The van der Waals surface area contributed by atoms with Gasteiger partial charge in [-0.1, -0.05) is 23.7 Å². The summed E-state index contributed by atoms with van der Waals surface area (Å²) >= 11 is 5.94. The van der Waals surface area contributed by atoms with Crippen molar-refractivity contribution < 1.29 is 5.11 Å². The number of aromatic amines is 2. The molecule has 5 rings (SSSR count). The van der Waals surface area contributed by atoms with Crippen LogP contribution in [0.5, 0.6) is 5.88 Å². The summed E-state index contributed by atoms with van der Waals surface area (Å²) in [5.74, 6) is 0.149. The van der Waals surface area contributed by atoms with Crippen molar-refractivity contribution in [3.63, 3.8) is 0 Å². The highest BCUT2D eigenvalue weighted by Crippen LogP contribution is 2.22. The van der Waals surface area contributed by atoms with Crippen molar-refractivity contribution in [2.45, 2.75) is 25.4 Å². The van der Waals surface area contributed by atoms with Crippen LogP contribution >= 0.6 is 11.6 Å². The van der Waals surface area contributed by atoms with E-state index in [0.29, 0.717) is 34.0 Å². The lowest BCUT2D eigenvalue weighted by Crippen LogP contribution is -2.24. The van der Waals surface area contributed by atoms with Crippen molar-refractivity contribution in [2.75, 3.05) is 5.32 Å². The number of aromatic nitrogens is 6. The van der Waals surface area contributed by atoms with Crippen molar-refractivity contribution >= 4 is 29.3 Å². The van der Waals surface area contributed by atoms with Gasteiger partial charge in [0.15, 0.2) is 5.65 Å². The minimum absolute atomic E-state index is 0.241. The van der Waals surface area contributed by atoms with Crippen LogP contribution in [-0.2, 0) is 6.54 Å². The van der Waals surface area contributed by atoms with Crippen molar-refractivity contribution in [1.29, 1.82) is 0 Å². The average Bonchev–Trinajstić information content (AvgIpc) is 3.36. The Bertz CT molecular complexity index is 1400. The van der Waals surface area contributed by atoms with Gasteiger partial charge in [-0.25, -0.2) is 9.79 Å². The van der Waals surface area contributed by atoms with Gasteiger partial charge in [-0.2, -0.15) is 19.6 Å². The highest BCUT2D eigenvalue weighted by molar-refractivity contribution is 6.30. The summed E-state index contributed by atoms with van der Waals surface area (Å²) in [5, 5.41) is 18.7. The van der Waals surface area contributed by atoms with E-state index in [9.17, 15) is 9.90 Å². The van der Waals surface area contributed by atoms with Gasteiger partial charge in [-0.15, -0.1) is 0 Å². The Balaban J connectivity index is 1.58. The molecule has 0 radical (unpaired) electrons. The van der Waals surface area contributed by atoms with E-state index in [1.807, 2.05) is 24.3 Å². The number of fused-ring (bicyclic) bond motifs is 1. The second-order valence-corrected chi connectivity index (χ2v) is 7.45. The average molecular weight is 425 g/mol. The Labute approximate surface area is 174 Å². The van der Waals surface area contributed by atoms with E-state index in [1.165, 1.54) is 0 Å². The fraction of sp³-hybridized carbons (Fsp3) is 0.211. The van der Waals surface area contributed by atoms with Gasteiger partial charge in [0, 0.05) is 16.8 Å². The lowest BCUT2D eigenvalue weighted by Gasteiger charge is -2.05. The third-order valence-electron chi connectivity index (χ3n) is 4.62. The molecule has 1 fully saturated rings. The molecular formula is C19H17ClN8O2. The summed E-state index contributed by atoms with van der Waals surface area (Å²) in [5.41, 5.74) is 1.72. The maximum atomic E-state index is 11.4. The first-order valence-corrected chi connectivity index (χ1v) is 9.74. The molecule has 0 atom stereocenters. The van der Waals surface area contributed by atoms with Crippen molar-refractivity contribution in [1.82, 2.24) is 29.5 Å². The normalized spacial score (nSPS) is 15.2. The van der Waals surface area contributed by atoms with Crippen LogP contribution in [0, 0.1) is 0 Å². The van der Waals surface area contributed by atoms with Crippen molar-refractivity contribution in [2.24, 2.45) is 4.99 Å². The number of nitrogens with one attached hydrogen (secondary N) is 3. The molecule has 4 N–H and O–H groups in total. The molecule has 0 aliphatic heterocycles. The Morgan fingerprint density at radius 3 is 2.77 bits per heavy atom. The van der Waals surface area contributed by atoms with Crippen LogP contribution in [0.15, 0.2) is 40.2 Å². The van der Waals surface area contributed by atoms with Crippen LogP contribution in [0.4, 0.5) is 5.95 Å². The van der Waals surface area contributed by atoms with Gasteiger partial charge in [-0.3, -0.25) is 4.98 Å². The molecule has 11 heteroatoms. The molecule has 4 aromatic rings. The number of hydrogen-bond donors (Lipinski definition) is 4. The minimum Gasteiger partial charge on any atom is -0.493 e. The molecule has 0 bridgehead atoms. The molecule has 0 spiro atoms. The molecule has 1 aliphatic carbocycles. The van der Waals surface area contributed by atoms with Gasteiger partial charge in [0.05, 0.1) is 12.2 Å². The van der Waals surface area contributed by atoms with Crippen LogP contribution in [0.2, 0.25) is 5.02 Å². The topological polar surface area (TPSA) is 136 Å². The number of anilines is 1. The predicted octanol–water partition coefficient (Wildman–Crippen LogP) is 0.723. The standard InChI is InChI=1S/C19H17ClN8O2/c20-12-3-1-10(2-4-12)8-21-17-25-15-11(7-14-16(29)26-19(30)24-14)9-22-28(15)18(27-17)23-13-5-6-13/h1-4,7,9,13,29H,5-6,8H2,(H,21,23,27)(H2,24,26,30)/b11-7+. The first-order valence-electron chi connectivity index (χ1n) is 9.36. The smallest absolute Gasteiger partial charge is 0.326 e. The second-order valence-electron chi connectivity index (χ2n) is 7.01. The van der Waals surface area contributed by atoms with Gasteiger partial charge >= 0.3 is 5.69 Å². The SMILES string of the molecule is O=c1[nH]c(O)c(/C=c2\cnn3c(=NC4CC4)nc(NCc4ccc(Cl)cc4)nc23)[nH]1. The molecule has 0 unspecified atom stereocenters. The summed E-state index contributed by atoms with van der Waals surface area (Å²) in [4.78, 5) is 29.9. The number of rotatable bonds is 5. The third kappa shape index (κ3) is 3.77. The van der Waals surface area contributed by atoms with Crippen LogP contribution in [0.25, 0.3) is 11.7 Å². The Kier molecular flexibility index (Phi) is 4.47. The van der Waals surface area contributed by atoms with E-state index in [-0.39, 0.29) is 17.6 Å². The summed E-state index contributed by atoms with van der Waals surface area (Å²) in [6.07, 6.45) is 5.23. The van der Waals surface area contributed by atoms with Crippen LogP contribution in [-0.4, -0.2) is 40.7 Å². The lowest BCUT2D eigenvalue weighted by atomic mass is 10.2. The number of imidazole rings is 1. The lowest BCUT2D eigenvalue weighted by molar-refractivity contribution is 0.454. The zero-order chi connectivity index (χ0) is 20.7. The van der Waals surface area contributed by atoms with E-state index in [2.05, 4.69) is 35.3 Å². The minimum atomic E-state index is -0.500.